The molecule has 5 rings (SSSR count). The van der Waals surface area contributed by atoms with E-state index in [0.717, 1.165) is 33.6 Å². The number of amides is 1. The summed E-state index contributed by atoms with van der Waals surface area (Å²) in [7, 11) is 0. The van der Waals surface area contributed by atoms with Crippen molar-refractivity contribution in [2.75, 3.05) is 4.90 Å². The van der Waals surface area contributed by atoms with Crippen LogP contribution in [0.2, 0.25) is 10.0 Å². The molecule has 5 heteroatoms. The third-order valence-corrected chi connectivity index (χ3v) is 7.51. The van der Waals surface area contributed by atoms with Crippen molar-refractivity contribution in [2.45, 2.75) is 44.9 Å². The first-order valence-corrected chi connectivity index (χ1v) is 12.3. The number of halogens is 2. The number of carbonyl (C=O) groups excluding carboxylic acids is 2. The van der Waals surface area contributed by atoms with E-state index in [9.17, 15) is 9.59 Å². The number of benzene rings is 3. The zero-order valence-electron chi connectivity index (χ0n) is 19.1. The summed E-state index contributed by atoms with van der Waals surface area (Å²) in [6.45, 7) is 4.02. The summed E-state index contributed by atoms with van der Waals surface area (Å²) in [5.74, 6) is -0.302. The monoisotopic (exact) mass is 489 g/mol. The molecule has 0 spiro atoms. The van der Waals surface area contributed by atoms with Gasteiger partial charge in [0, 0.05) is 40.1 Å². The Morgan fingerprint density at radius 1 is 0.853 bits per heavy atom. The number of ketones is 1. The molecule has 2 unspecified atom stereocenters. The Morgan fingerprint density at radius 3 is 2.35 bits per heavy atom. The van der Waals surface area contributed by atoms with Gasteiger partial charge < -0.3 is 0 Å². The number of hydrogen-bond acceptors (Lipinski definition) is 2. The Hall–Kier alpha value is -2.88. The number of aryl methyl sites for hydroxylation is 2. The summed E-state index contributed by atoms with van der Waals surface area (Å²) in [5.41, 5.74) is 6.31. The Balaban J connectivity index is 1.70. The van der Waals surface area contributed by atoms with Crippen LogP contribution < -0.4 is 4.90 Å². The molecule has 3 aromatic carbocycles. The van der Waals surface area contributed by atoms with Crippen molar-refractivity contribution in [2.24, 2.45) is 0 Å². The highest BCUT2D eigenvalue weighted by Crippen LogP contribution is 2.48. The minimum Gasteiger partial charge on any atom is -0.294 e. The largest absolute Gasteiger partial charge is 0.294 e. The van der Waals surface area contributed by atoms with Crippen LogP contribution in [0.5, 0.6) is 0 Å². The molecule has 172 valence electrons. The van der Waals surface area contributed by atoms with Crippen molar-refractivity contribution < 1.29 is 9.59 Å². The van der Waals surface area contributed by atoms with Crippen LogP contribution in [-0.4, -0.2) is 11.7 Å². The van der Waals surface area contributed by atoms with Crippen LogP contribution in [0.25, 0.3) is 0 Å². The summed E-state index contributed by atoms with van der Waals surface area (Å²) in [5, 5.41) is 1.01. The summed E-state index contributed by atoms with van der Waals surface area (Å²) >= 11 is 12.7. The van der Waals surface area contributed by atoms with E-state index < -0.39 is 0 Å². The third kappa shape index (κ3) is 4.08. The predicted octanol–water partition coefficient (Wildman–Crippen LogP) is 7.53. The highest BCUT2D eigenvalue weighted by molar-refractivity contribution is 6.35. The third-order valence-electron chi connectivity index (χ3n) is 6.94. The molecule has 0 N–H and O–H groups in total. The first kappa shape index (κ1) is 22.9. The summed E-state index contributed by atoms with van der Waals surface area (Å²) in [4.78, 5) is 29.3. The topological polar surface area (TPSA) is 37.4 Å². The number of allylic oxidation sites excluding steroid dienone is 2. The van der Waals surface area contributed by atoms with Crippen LogP contribution in [0.1, 0.15) is 53.4 Å². The second kappa shape index (κ2) is 9.05. The van der Waals surface area contributed by atoms with Crippen LogP contribution in [0.3, 0.4) is 0 Å². The first-order valence-electron chi connectivity index (χ1n) is 11.5. The minimum atomic E-state index is -0.377. The number of hydrogen-bond donors (Lipinski definition) is 0. The molecule has 1 amide bonds. The van der Waals surface area contributed by atoms with Gasteiger partial charge in [0.15, 0.2) is 5.78 Å². The quantitative estimate of drug-likeness (QED) is 0.381. The zero-order valence-corrected chi connectivity index (χ0v) is 20.7. The Kier molecular flexibility index (Phi) is 6.09. The summed E-state index contributed by atoms with van der Waals surface area (Å²) in [6.07, 6.45) is 1.22. The lowest BCUT2D eigenvalue weighted by Crippen LogP contribution is -2.42. The lowest BCUT2D eigenvalue weighted by molar-refractivity contribution is -0.120. The predicted molar refractivity (Wildman–Crippen MR) is 138 cm³/mol. The average Bonchev–Trinajstić information content (AvgIpc) is 2.81. The molecule has 1 aliphatic carbocycles. The van der Waals surface area contributed by atoms with Crippen LogP contribution in [0.15, 0.2) is 78.0 Å². The van der Waals surface area contributed by atoms with Crippen molar-refractivity contribution >= 4 is 40.6 Å². The van der Waals surface area contributed by atoms with E-state index in [0.29, 0.717) is 28.5 Å². The van der Waals surface area contributed by atoms with E-state index in [1.54, 1.807) is 17.0 Å². The molecule has 2 aliphatic rings. The Bertz CT molecular complexity index is 1330. The number of nitrogens with zero attached hydrogens (tertiary/aromatic N) is 1. The van der Waals surface area contributed by atoms with Gasteiger partial charge in [0.1, 0.15) is 0 Å². The van der Waals surface area contributed by atoms with Gasteiger partial charge in [-0.25, -0.2) is 0 Å². The second-order valence-corrected chi connectivity index (χ2v) is 10.1. The van der Waals surface area contributed by atoms with Crippen molar-refractivity contribution in [3.8, 4) is 0 Å². The normalized spacial score (nSPS) is 20.5. The van der Waals surface area contributed by atoms with Crippen LogP contribution in [0, 0.1) is 13.8 Å². The maximum atomic E-state index is 13.7. The molecule has 34 heavy (non-hydrogen) atoms. The van der Waals surface area contributed by atoms with Crippen molar-refractivity contribution in [1.82, 2.24) is 0 Å². The van der Waals surface area contributed by atoms with Crippen molar-refractivity contribution in [1.29, 1.82) is 0 Å². The first-order chi connectivity index (χ1) is 16.3. The molecule has 1 heterocycles. The van der Waals surface area contributed by atoms with Crippen LogP contribution >= 0.6 is 23.2 Å². The summed E-state index contributed by atoms with van der Waals surface area (Å²) in [6, 6.07) is 21.5. The summed E-state index contributed by atoms with van der Waals surface area (Å²) < 4.78 is 0. The number of anilines is 1. The SMILES string of the molecule is Cc1ccc(C)c(N2C(=O)CC(c3ccc(Cl)cc3Cl)C3=C2CC(c2ccccc2)CC3=O)c1. The van der Waals surface area contributed by atoms with Gasteiger partial charge >= 0.3 is 0 Å². The van der Waals surface area contributed by atoms with Gasteiger partial charge in [-0.05, 0) is 66.6 Å². The molecule has 0 saturated carbocycles. The number of Topliss-reactive ketones (excluding diaryl/α,β-unsaturated/α-hetero) is 1. The number of rotatable bonds is 3. The fourth-order valence-corrected chi connectivity index (χ4v) is 5.83. The van der Waals surface area contributed by atoms with Gasteiger partial charge in [-0.2, -0.15) is 0 Å². The van der Waals surface area contributed by atoms with Crippen LogP contribution in [0.4, 0.5) is 5.69 Å². The van der Waals surface area contributed by atoms with E-state index >= 15 is 0 Å². The standard InChI is InChI=1S/C29H25Cl2NO2/c1-17-8-9-18(2)25(12-17)32-26-13-20(19-6-4-3-5-7-19)14-27(33)29(26)23(16-28(32)34)22-11-10-21(30)15-24(22)31/h3-12,15,20,23H,13-14,16H2,1-2H3. The van der Waals surface area contributed by atoms with E-state index in [-0.39, 0.29) is 29.9 Å². The lowest BCUT2D eigenvalue weighted by atomic mass is 9.72. The molecule has 0 radical (unpaired) electrons. The van der Waals surface area contributed by atoms with Gasteiger partial charge in [0.2, 0.25) is 5.91 Å². The fourth-order valence-electron chi connectivity index (χ4n) is 5.29. The maximum absolute atomic E-state index is 13.7. The Labute approximate surface area is 210 Å². The van der Waals surface area contributed by atoms with Gasteiger partial charge in [-0.1, -0.05) is 71.7 Å². The molecular weight excluding hydrogens is 465 g/mol. The highest BCUT2D eigenvalue weighted by atomic mass is 35.5. The van der Waals surface area contributed by atoms with Crippen LogP contribution in [-0.2, 0) is 9.59 Å². The molecule has 0 saturated heterocycles. The van der Waals surface area contributed by atoms with Gasteiger partial charge in [0.05, 0.1) is 5.69 Å². The number of carbonyl (C=O) groups is 2. The van der Waals surface area contributed by atoms with Crippen molar-refractivity contribution in [3.63, 3.8) is 0 Å². The van der Waals surface area contributed by atoms with E-state index in [4.69, 9.17) is 23.2 Å². The smallest absolute Gasteiger partial charge is 0.232 e. The van der Waals surface area contributed by atoms with Crippen molar-refractivity contribution in [3.05, 3.63) is 110 Å². The molecule has 3 nitrogen and oxygen atoms in total. The fraction of sp³-hybridized carbons (Fsp3) is 0.241. The Morgan fingerprint density at radius 2 is 1.62 bits per heavy atom. The average molecular weight is 490 g/mol. The van der Waals surface area contributed by atoms with E-state index in [1.807, 2.05) is 56.3 Å². The molecule has 3 aromatic rings. The second-order valence-electron chi connectivity index (χ2n) is 9.24. The van der Waals surface area contributed by atoms with E-state index in [2.05, 4.69) is 12.1 Å². The molecule has 0 bridgehead atoms. The lowest BCUT2D eigenvalue weighted by Gasteiger charge is -2.41. The van der Waals surface area contributed by atoms with Gasteiger partial charge in [0.25, 0.3) is 0 Å². The minimum absolute atomic E-state index is 0.0207. The molecular formula is C29H25Cl2NO2. The molecule has 0 fully saturated rings. The molecule has 0 aromatic heterocycles. The molecule has 1 aliphatic heterocycles. The van der Waals surface area contributed by atoms with Gasteiger partial charge in [-0.3, -0.25) is 14.5 Å². The highest BCUT2D eigenvalue weighted by Gasteiger charge is 2.43. The van der Waals surface area contributed by atoms with E-state index in [1.165, 1.54) is 0 Å². The molecule has 2 atom stereocenters. The maximum Gasteiger partial charge on any atom is 0.232 e. The zero-order chi connectivity index (χ0) is 24.0. The van der Waals surface area contributed by atoms with Gasteiger partial charge in [-0.15, -0.1) is 0 Å².